The summed E-state index contributed by atoms with van der Waals surface area (Å²) in [5.74, 6) is -2.23. The van der Waals surface area contributed by atoms with E-state index in [2.05, 4.69) is 20.6 Å². The summed E-state index contributed by atoms with van der Waals surface area (Å²) in [5, 5.41) is 20.8. The van der Waals surface area contributed by atoms with Gasteiger partial charge in [-0.3, -0.25) is 15.1 Å². The van der Waals surface area contributed by atoms with E-state index in [9.17, 15) is 8.78 Å². The molecule has 0 amide bonds. The number of hydrogen-bond donors (Lipinski definition) is 2. The lowest BCUT2D eigenvalue weighted by atomic mass is 9.95. The van der Waals surface area contributed by atoms with E-state index in [0.29, 0.717) is 22.6 Å². The summed E-state index contributed by atoms with van der Waals surface area (Å²) in [6.45, 7) is 4.02. The summed E-state index contributed by atoms with van der Waals surface area (Å²) in [6, 6.07) is 21.1. The van der Waals surface area contributed by atoms with Crippen molar-refractivity contribution < 1.29 is 13.3 Å². The first-order chi connectivity index (χ1) is 18.7. The van der Waals surface area contributed by atoms with Gasteiger partial charge in [0.1, 0.15) is 12.3 Å². The topological polar surface area (TPSA) is 92.6 Å². The van der Waals surface area contributed by atoms with E-state index < -0.39 is 12.5 Å². The zero-order valence-corrected chi connectivity index (χ0v) is 21.8. The Morgan fingerprint density at radius 3 is 2.51 bits per heavy atom. The molecule has 0 saturated carbocycles. The number of anilines is 1. The van der Waals surface area contributed by atoms with Crippen LogP contribution in [0.3, 0.4) is 0 Å². The molecule has 0 spiro atoms. The van der Waals surface area contributed by atoms with Crippen LogP contribution in [0.15, 0.2) is 89.8 Å². The Hall–Kier alpha value is -4.66. The van der Waals surface area contributed by atoms with Crippen LogP contribution in [0.25, 0.3) is 11.1 Å². The molecular formula is C30H28F2N6O. The lowest BCUT2D eigenvalue weighted by molar-refractivity contribution is 0.000585. The van der Waals surface area contributed by atoms with Gasteiger partial charge in [0.2, 0.25) is 0 Å². The number of halogens is 2. The van der Waals surface area contributed by atoms with Crippen molar-refractivity contribution in [1.29, 1.82) is 5.41 Å². The Morgan fingerprint density at radius 2 is 1.85 bits per heavy atom. The molecule has 5 aromatic rings. The molecule has 5 rings (SSSR count). The summed E-state index contributed by atoms with van der Waals surface area (Å²) in [6.07, 6.45) is 4.65. The fourth-order valence-corrected chi connectivity index (χ4v) is 4.63. The molecule has 0 bridgehead atoms. The first-order valence-electron chi connectivity index (χ1n) is 12.5. The largest absolute Gasteiger partial charge is 0.372 e. The molecule has 3 heterocycles. The van der Waals surface area contributed by atoms with Crippen LogP contribution in [-0.4, -0.2) is 31.6 Å². The molecule has 1 unspecified atom stereocenters. The monoisotopic (exact) mass is 526 g/mol. The highest BCUT2D eigenvalue weighted by molar-refractivity contribution is 6.14. The standard InChI is InChI=1S/C30H28F2N6O/c1-19-27(20(2)39-37-19)22-12-13-24(28(33)23-16-35-38(17-23)18-30(3,31)32)26(15-22)36-29(21-9-5-4-6-10-21)25-11-7-8-14-34-25/h4-17,29,33,36H,18H2,1-3H3. The van der Waals surface area contributed by atoms with E-state index in [1.54, 1.807) is 6.20 Å². The summed E-state index contributed by atoms with van der Waals surface area (Å²) in [5.41, 5.74) is 6.16. The molecule has 1 atom stereocenters. The van der Waals surface area contributed by atoms with Gasteiger partial charge in [0.05, 0.1) is 29.3 Å². The maximum atomic E-state index is 13.6. The molecule has 7 nitrogen and oxygen atoms in total. The minimum absolute atomic E-state index is 0.154. The minimum atomic E-state index is -2.92. The molecule has 0 fully saturated rings. The van der Waals surface area contributed by atoms with Gasteiger partial charge in [-0.2, -0.15) is 5.10 Å². The fraction of sp³-hybridized carbons (Fsp3) is 0.200. The predicted molar refractivity (Wildman–Crippen MR) is 146 cm³/mol. The summed E-state index contributed by atoms with van der Waals surface area (Å²) in [4.78, 5) is 4.60. The molecule has 2 aromatic carbocycles. The van der Waals surface area contributed by atoms with Crippen molar-refractivity contribution >= 4 is 11.4 Å². The number of nitrogens with one attached hydrogen (secondary N) is 2. The maximum absolute atomic E-state index is 13.6. The molecule has 0 saturated heterocycles. The fourth-order valence-electron chi connectivity index (χ4n) is 4.63. The van der Waals surface area contributed by atoms with Gasteiger partial charge >= 0.3 is 0 Å². The molecule has 39 heavy (non-hydrogen) atoms. The van der Waals surface area contributed by atoms with E-state index in [0.717, 1.165) is 39.7 Å². The first-order valence-corrected chi connectivity index (χ1v) is 12.5. The maximum Gasteiger partial charge on any atom is 0.264 e. The number of rotatable bonds is 9. The normalized spacial score (nSPS) is 12.3. The van der Waals surface area contributed by atoms with Crippen LogP contribution in [0.4, 0.5) is 14.5 Å². The highest BCUT2D eigenvalue weighted by atomic mass is 19.3. The van der Waals surface area contributed by atoms with Crippen LogP contribution in [0, 0.1) is 19.3 Å². The Morgan fingerprint density at radius 1 is 1.08 bits per heavy atom. The number of aromatic nitrogens is 4. The van der Waals surface area contributed by atoms with Crippen molar-refractivity contribution in [2.75, 3.05) is 5.32 Å². The first kappa shape index (κ1) is 26.0. The van der Waals surface area contributed by atoms with Gasteiger partial charge in [0, 0.05) is 41.7 Å². The van der Waals surface area contributed by atoms with Gasteiger partial charge in [0.25, 0.3) is 5.92 Å². The summed E-state index contributed by atoms with van der Waals surface area (Å²) < 4.78 is 33.7. The second kappa shape index (κ2) is 10.6. The minimum Gasteiger partial charge on any atom is -0.372 e. The molecule has 0 aliphatic heterocycles. The molecule has 0 aliphatic carbocycles. The molecule has 2 N–H and O–H groups in total. The molecular weight excluding hydrogens is 498 g/mol. The van der Waals surface area contributed by atoms with E-state index in [4.69, 9.17) is 9.93 Å². The number of hydrogen-bond acceptors (Lipinski definition) is 6. The van der Waals surface area contributed by atoms with Crippen LogP contribution in [-0.2, 0) is 6.54 Å². The Bertz CT molecular complexity index is 1530. The van der Waals surface area contributed by atoms with Crippen LogP contribution < -0.4 is 5.32 Å². The number of benzene rings is 2. The summed E-state index contributed by atoms with van der Waals surface area (Å²) >= 11 is 0. The van der Waals surface area contributed by atoms with Gasteiger partial charge in [-0.05, 0) is 43.2 Å². The predicted octanol–water partition coefficient (Wildman–Crippen LogP) is 6.82. The van der Waals surface area contributed by atoms with Crippen molar-refractivity contribution in [2.45, 2.75) is 39.3 Å². The molecule has 9 heteroatoms. The van der Waals surface area contributed by atoms with Crippen LogP contribution in [0.1, 0.15) is 46.8 Å². The molecule has 0 aliphatic rings. The highest BCUT2D eigenvalue weighted by Crippen LogP contribution is 2.34. The third kappa shape index (κ3) is 5.77. The summed E-state index contributed by atoms with van der Waals surface area (Å²) in [7, 11) is 0. The average molecular weight is 527 g/mol. The molecule has 198 valence electrons. The van der Waals surface area contributed by atoms with E-state index in [1.807, 2.05) is 80.6 Å². The smallest absolute Gasteiger partial charge is 0.264 e. The average Bonchev–Trinajstić information content (AvgIpc) is 3.52. The number of pyridine rings is 1. The quantitative estimate of drug-likeness (QED) is 0.206. The van der Waals surface area contributed by atoms with E-state index in [1.165, 1.54) is 12.4 Å². The van der Waals surface area contributed by atoms with Crippen LogP contribution >= 0.6 is 0 Å². The van der Waals surface area contributed by atoms with Gasteiger partial charge in [-0.1, -0.05) is 53.7 Å². The molecule has 0 radical (unpaired) electrons. The third-order valence-corrected chi connectivity index (χ3v) is 6.39. The lowest BCUT2D eigenvalue weighted by Gasteiger charge is -2.23. The highest BCUT2D eigenvalue weighted by Gasteiger charge is 2.24. The van der Waals surface area contributed by atoms with Gasteiger partial charge in [-0.25, -0.2) is 8.78 Å². The zero-order valence-electron chi connectivity index (χ0n) is 21.8. The number of nitrogens with zero attached hydrogens (tertiary/aromatic N) is 4. The zero-order chi connectivity index (χ0) is 27.6. The third-order valence-electron chi connectivity index (χ3n) is 6.39. The molecule has 3 aromatic heterocycles. The SMILES string of the molecule is Cc1noc(C)c1-c1ccc(C(=N)c2cnn(CC(C)(F)F)c2)c(NC(c2ccccc2)c2ccccn2)c1. The number of aryl methyl sites for hydroxylation is 2. The Balaban J connectivity index is 1.61. The number of alkyl halides is 2. The Kier molecular flexibility index (Phi) is 7.06. The van der Waals surface area contributed by atoms with Gasteiger partial charge < -0.3 is 9.84 Å². The van der Waals surface area contributed by atoms with Crippen molar-refractivity contribution in [2.24, 2.45) is 0 Å². The van der Waals surface area contributed by atoms with E-state index in [-0.39, 0.29) is 11.8 Å². The van der Waals surface area contributed by atoms with Crippen LogP contribution in [0.2, 0.25) is 0 Å². The van der Waals surface area contributed by atoms with Gasteiger partial charge in [-0.15, -0.1) is 0 Å². The second-order valence-corrected chi connectivity index (χ2v) is 9.57. The lowest BCUT2D eigenvalue weighted by Crippen LogP contribution is -2.19. The van der Waals surface area contributed by atoms with Crippen molar-refractivity contribution in [1.82, 2.24) is 19.9 Å². The van der Waals surface area contributed by atoms with Crippen LogP contribution in [0.5, 0.6) is 0 Å². The van der Waals surface area contributed by atoms with Crippen molar-refractivity contribution in [3.63, 3.8) is 0 Å². The van der Waals surface area contributed by atoms with Crippen molar-refractivity contribution in [3.05, 3.63) is 119 Å². The van der Waals surface area contributed by atoms with Crippen molar-refractivity contribution in [3.8, 4) is 11.1 Å². The van der Waals surface area contributed by atoms with E-state index >= 15 is 0 Å². The Labute approximate surface area is 225 Å². The van der Waals surface area contributed by atoms with Gasteiger partial charge in [0.15, 0.2) is 0 Å². The second-order valence-electron chi connectivity index (χ2n) is 9.57.